The van der Waals surface area contributed by atoms with Crippen LogP contribution in [0.15, 0.2) is 24.3 Å². The third-order valence-electron chi connectivity index (χ3n) is 3.96. The molecule has 1 aromatic carbocycles. The average molecular weight is 292 g/mol. The molecule has 1 atom stereocenters. The molecule has 1 saturated heterocycles. The second kappa shape index (κ2) is 8.37. The highest BCUT2D eigenvalue weighted by atomic mass is 16.5. The highest BCUT2D eigenvalue weighted by Gasteiger charge is 2.22. The molecule has 118 valence electrons. The first-order chi connectivity index (χ1) is 10.2. The van der Waals surface area contributed by atoms with Crippen LogP contribution in [0, 0.1) is 0 Å². The van der Waals surface area contributed by atoms with Gasteiger partial charge in [-0.25, -0.2) is 0 Å². The van der Waals surface area contributed by atoms with Crippen molar-refractivity contribution in [2.24, 2.45) is 0 Å². The van der Waals surface area contributed by atoms with Crippen LogP contribution >= 0.6 is 0 Å². The van der Waals surface area contributed by atoms with Crippen LogP contribution in [-0.2, 0) is 11.2 Å². The summed E-state index contributed by atoms with van der Waals surface area (Å²) in [6.07, 6.45) is 1.07. The molecule has 1 aliphatic rings. The molecule has 1 fully saturated rings. The molecule has 4 nitrogen and oxygen atoms in total. The molecule has 1 heterocycles. The zero-order valence-corrected chi connectivity index (χ0v) is 13.5. The van der Waals surface area contributed by atoms with Gasteiger partial charge in [-0.3, -0.25) is 4.90 Å². The van der Waals surface area contributed by atoms with E-state index >= 15 is 0 Å². The van der Waals surface area contributed by atoms with Gasteiger partial charge in [0.1, 0.15) is 5.75 Å². The van der Waals surface area contributed by atoms with E-state index in [1.165, 1.54) is 5.56 Å². The molecule has 21 heavy (non-hydrogen) atoms. The number of ether oxygens (including phenoxy) is 2. The first-order valence-corrected chi connectivity index (χ1v) is 7.87. The van der Waals surface area contributed by atoms with E-state index in [4.69, 9.17) is 9.47 Å². The Morgan fingerprint density at radius 3 is 2.76 bits per heavy atom. The standard InChI is InChI=1S/C17H28N2O2/c1-14(2)18-12-16-13-21-11-10-19(16)9-8-15-4-6-17(20-3)7-5-15/h4-7,14,16,18H,8-13H2,1-3H3. The molecule has 1 N–H and O–H groups in total. The molecule has 1 aliphatic heterocycles. The number of hydrogen-bond acceptors (Lipinski definition) is 4. The van der Waals surface area contributed by atoms with E-state index in [0.29, 0.717) is 12.1 Å². The van der Waals surface area contributed by atoms with Gasteiger partial charge >= 0.3 is 0 Å². The van der Waals surface area contributed by atoms with Crippen molar-refractivity contribution < 1.29 is 9.47 Å². The van der Waals surface area contributed by atoms with Crippen molar-refractivity contribution in [3.05, 3.63) is 29.8 Å². The average Bonchev–Trinajstić information content (AvgIpc) is 2.52. The van der Waals surface area contributed by atoms with Gasteiger partial charge in [0.2, 0.25) is 0 Å². The van der Waals surface area contributed by atoms with E-state index in [1.807, 2.05) is 12.1 Å². The molecule has 0 spiro atoms. The first-order valence-electron chi connectivity index (χ1n) is 7.87. The van der Waals surface area contributed by atoms with Crippen molar-refractivity contribution in [3.8, 4) is 5.75 Å². The highest BCUT2D eigenvalue weighted by molar-refractivity contribution is 5.27. The Bertz CT molecular complexity index is 406. The lowest BCUT2D eigenvalue weighted by Gasteiger charge is -2.36. The summed E-state index contributed by atoms with van der Waals surface area (Å²) >= 11 is 0. The smallest absolute Gasteiger partial charge is 0.118 e. The van der Waals surface area contributed by atoms with Gasteiger partial charge in [-0.05, 0) is 24.1 Å². The molecule has 0 amide bonds. The van der Waals surface area contributed by atoms with Gasteiger partial charge in [-0.1, -0.05) is 26.0 Å². The van der Waals surface area contributed by atoms with Crippen molar-refractivity contribution in [1.82, 2.24) is 10.2 Å². The van der Waals surface area contributed by atoms with Gasteiger partial charge in [0.15, 0.2) is 0 Å². The Hall–Kier alpha value is -1.10. The highest BCUT2D eigenvalue weighted by Crippen LogP contribution is 2.13. The van der Waals surface area contributed by atoms with E-state index in [1.54, 1.807) is 7.11 Å². The number of nitrogens with one attached hydrogen (secondary N) is 1. The molecular weight excluding hydrogens is 264 g/mol. The lowest BCUT2D eigenvalue weighted by molar-refractivity contribution is -0.00672. The predicted octanol–water partition coefficient (Wildman–Crippen LogP) is 1.94. The normalized spacial score (nSPS) is 19.9. The maximum Gasteiger partial charge on any atom is 0.118 e. The summed E-state index contributed by atoms with van der Waals surface area (Å²) in [5.41, 5.74) is 1.36. The molecule has 0 aromatic heterocycles. The van der Waals surface area contributed by atoms with Gasteiger partial charge < -0.3 is 14.8 Å². The van der Waals surface area contributed by atoms with Crippen LogP contribution in [-0.4, -0.2) is 56.9 Å². The molecule has 0 saturated carbocycles. The summed E-state index contributed by atoms with van der Waals surface area (Å²) < 4.78 is 10.8. The second-order valence-corrected chi connectivity index (χ2v) is 5.93. The summed E-state index contributed by atoms with van der Waals surface area (Å²) in [6, 6.07) is 9.38. The van der Waals surface area contributed by atoms with E-state index in [0.717, 1.165) is 45.0 Å². The number of morpholine rings is 1. The SMILES string of the molecule is COc1ccc(CCN2CCOCC2CNC(C)C)cc1. The molecule has 0 aliphatic carbocycles. The molecular formula is C17H28N2O2. The Morgan fingerprint density at radius 2 is 2.10 bits per heavy atom. The van der Waals surface area contributed by atoms with Crippen molar-refractivity contribution >= 4 is 0 Å². The fourth-order valence-electron chi connectivity index (χ4n) is 2.61. The van der Waals surface area contributed by atoms with E-state index in [2.05, 4.69) is 36.2 Å². The quantitative estimate of drug-likeness (QED) is 0.833. The summed E-state index contributed by atoms with van der Waals surface area (Å²) in [5.74, 6) is 0.920. The van der Waals surface area contributed by atoms with Crippen molar-refractivity contribution in [2.75, 3.05) is 40.0 Å². The fourth-order valence-corrected chi connectivity index (χ4v) is 2.61. The molecule has 1 unspecified atom stereocenters. The molecule has 0 bridgehead atoms. The second-order valence-electron chi connectivity index (χ2n) is 5.93. The molecule has 4 heteroatoms. The van der Waals surface area contributed by atoms with Crippen molar-refractivity contribution in [1.29, 1.82) is 0 Å². The van der Waals surface area contributed by atoms with Gasteiger partial charge in [0.05, 0.1) is 20.3 Å². The van der Waals surface area contributed by atoms with E-state index in [9.17, 15) is 0 Å². The molecule has 0 radical (unpaired) electrons. The van der Waals surface area contributed by atoms with Gasteiger partial charge in [-0.15, -0.1) is 0 Å². The zero-order chi connectivity index (χ0) is 15.1. The number of benzene rings is 1. The largest absolute Gasteiger partial charge is 0.497 e. The van der Waals surface area contributed by atoms with Gasteiger partial charge in [0, 0.05) is 31.7 Å². The third kappa shape index (κ3) is 5.30. The van der Waals surface area contributed by atoms with Crippen LogP contribution in [0.2, 0.25) is 0 Å². The lowest BCUT2D eigenvalue weighted by Crippen LogP contribution is -2.51. The van der Waals surface area contributed by atoms with Crippen molar-refractivity contribution in [3.63, 3.8) is 0 Å². The summed E-state index contributed by atoms with van der Waals surface area (Å²) in [7, 11) is 1.70. The minimum Gasteiger partial charge on any atom is -0.497 e. The van der Waals surface area contributed by atoms with Crippen LogP contribution < -0.4 is 10.1 Å². The van der Waals surface area contributed by atoms with Crippen LogP contribution in [0.1, 0.15) is 19.4 Å². The number of nitrogens with zero attached hydrogens (tertiary/aromatic N) is 1. The maximum absolute atomic E-state index is 5.63. The Morgan fingerprint density at radius 1 is 1.33 bits per heavy atom. The summed E-state index contributed by atoms with van der Waals surface area (Å²) in [6.45, 7) is 9.17. The predicted molar refractivity (Wildman–Crippen MR) is 86.0 cm³/mol. The topological polar surface area (TPSA) is 33.7 Å². The number of hydrogen-bond donors (Lipinski definition) is 1. The molecule has 1 aromatic rings. The maximum atomic E-state index is 5.63. The van der Waals surface area contributed by atoms with Gasteiger partial charge in [0.25, 0.3) is 0 Å². The zero-order valence-electron chi connectivity index (χ0n) is 13.5. The molecule has 2 rings (SSSR count). The van der Waals surface area contributed by atoms with E-state index < -0.39 is 0 Å². The fraction of sp³-hybridized carbons (Fsp3) is 0.647. The Labute approximate surface area is 128 Å². The minimum absolute atomic E-state index is 0.486. The lowest BCUT2D eigenvalue weighted by atomic mass is 10.1. The van der Waals surface area contributed by atoms with Gasteiger partial charge in [-0.2, -0.15) is 0 Å². The van der Waals surface area contributed by atoms with E-state index in [-0.39, 0.29) is 0 Å². The minimum atomic E-state index is 0.486. The van der Waals surface area contributed by atoms with Crippen LogP contribution in [0.25, 0.3) is 0 Å². The van der Waals surface area contributed by atoms with Crippen molar-refractivity contribution in [2.45, 2.75) is 32.4 Å². The van der Waals surface area contributed by atoms with Crippen LogP contribution in [0.5, 0.6) is 5.75 Å². The summed E-state index contributed by atoms with van der Waals surface area (Å²) in [5, 5.41) is 3.52. The summed E-state index contributed by atoms with van der Waals surface area (Å²) in [4.78, 5) is 2.54. The van der Waals surface area contributed by atoms with Crippen LogP contribution in [0.3, 0.4) is 0 Å². The first kappa shape index (κ1) is 16.3. The van der Waals surface area contributed by atoms with Crippen LogP contribution in [0.4, 0.5) is 0 Å². The monoisotopic (exact) mass is 292 g/mol. The Balaban J connectivity index is 1.83. The number of methoxy groups -OCH3 is 1. The number of rotatable bonds is 7. The third-order valence-corrected chi connectivity index (χ3v) is 3.96. The Kier molecular flexibility index (Phi) is 6.49.